The third-order valence-electron chi connectivity index (χ3n) is 5.07. The maximum atomic E-state index is 13.6. The smallest absolute Gasteiger partial charge is 0.264 e. The molecule has 9 heteroatoms. The van der Waals surface area contributed by atoms with Gasteiger partial charge in [0.2, 0.25) is 5.91 Å². The van der Waals surface area contributed by atoms with Gasteiger partial charge in [0, 0.05) is 18.9 Å². The lowest BCUT2D eigenvalue weighted by molar-refractivity contribution is -0.114. The van der Waals surface area contributed by atoms with Crippen LogP contribution >= 0.6 is 0 Å². The number of benzene rings is 3. The Morgan fingerprint density at radius 1 is 0.912 bits per heavy atom. The van der Waals surface area contributed by atoms with Crippen molar-refractivity contribution in [3.63, 3.8) is 0 Å². The van der Waals surface area contributed by atoms with Crippen LogP contribution in [0, 0.1) is 6.92 Å². The van der Waals surface area contributed by atoms with Gasteiger partial charge < -0.3 is 19.5 Å². The largest absolute Gasteiger partial charge is 0.493 e. The molecule has 3 aromatic rings. The van der Waals surface area contributed by atoms with E-state index in [4.69, 9.17) is 14.2 Å². The van der Waals surface area contributed by atoms with Crippen molar-refractivity contribution >= 4 is 27.3 Å². The van der Waals surface area contributed by atoms with Gasteiger partial charge in [-0.05, 0) is 48.9 Å². The van der Waals surface area contributed by atoms with E-state index in [1.807, 2.05) is 13.0 Å². The Balaban J connectivity index is 1.95. The zero-order valence-corrected chi connectivity index (χ0v) is 20.4. The fourth-order valence-corrected chi connectivity index (χ4v) is 4.80. The molecule has 0 atom stereocenters. The highest BCUT2D eigenvalue weighted by molar-refractivity contribution is 7.92. The molecule has 0 unspecified atom stereocenters. The second-order valence-corrected chi connectivity index (χ2v) is 9.41. The fourth-order valence-electron chi connectivity index (χ4n) is 3.37. The van der Waals surface area contributed by atoms with Gasteiger partial charge >= 0.3 is 0 Å². The first-order valence-electron chi connectivity index (χ1n) is 10.5. The van der Waals surface area contributed by atoms with E-state index in [0.29, 0.717) is 23.7 Å². The maximum Gasteiger partial charge on any atom is 0.264 e. The molecular weight excluding hydrogens is 456 g/mol. The Morgan fingerprint density at radius 2 is 1.62 bits per heavy atom. The van der Waals surface area contributed by atoms with E-state index in [0.717, 1.165) is 15.4 Å². The molecule has 8 nitrogen and oxygen atoms in total. The van der Waals surface area contributed by atoms with E-state index in [1.54, 1.807) is 49.6 Å². The van der Waals surface area contributed by atoms with Crippen LogP contribution in [0.3, 0.4) is 0 Å². The fraction of sp³-hybridized carbons (Fsp3) is 0.240. The van der Waals surface area contributed by atoms with E-state index < -0.39 is 22.5 Å². The van der Waals surface area contributed by atoms with Crippen molar-refractivity contribution < 1.29 is 27.4 Å². The van der Waals surface area contributed by atoms with Crippen molar-refractivity contribution in [3.8, 4) is 11.5 Å². The van der Waals surface area contributed by atoms with Crippen molar-refractivity contribution in [2.24, 2.45) is 0 Å². The van der Waals surface area contributed by atoms with Crippen LogP contribution in [-0.4, -0.2) is 42.2 Å². The van der Waals surface area contributed by atoms with Gasteiger partial charge in [-0.2, -0.15) is 0 Å². The third kappa shape index (κ3) is 5.86. The first-order chi connectivity index (χ1) is 16.3. The highest BCUT2D eigenvalue weighted by atomic mass is 32.2. The summed E-state index contributed by atoms with van der Waals surface area (Å²) in [5.74, 6) is 0.183. The summed E-state index contributed by atoms with van der Waals surface area (Å²) in [5, 5.41) is 2.77. The molecule has 0 aliphatic carbocycles. The summed E-state index contributed by atoms with van der Waals surface area (Å²) in [6.07, 6.45) is 0. The van der Waals surface area contributed by atoms with Gasteiger partial charge in [-0.1, -0.05) is 29.8 Å². The van der Waals surface area contributed by atoms with Crippen LogP contribution in [0.1, 0.15) is 11.1 Å². The molecule has 0 aliphatic rings. The number of amides is 1. The normalized spacial score (nSPS) is 11.1. The van der Waals surface area contributed by atoms with Crippen molar-refractivity contribution in [3.05, 3.63) is 77.9 Å². The van der Waals surface area contributed by atoms with E-state index in [2.05, 4.69) is 5.32 Å². The Morgan fingerprint density at radius 3 is 2.26 bits per heavy atom. The Labute approximate surface area is 200 Å². The monoisotopic (exact) mass is 484 g/mol. The molecular formula is C25H28N2O6S. The average molecular weight is 485 g/mol. The minimum atomic E-state index is -4.11. The SMILES string of the molecule is COCc1cccc(NC(=O)CN(c2ccc(C)cc2)S(=O)(=O)c2ccc(OC)c(OC)c2)c1. The van der Waals surface area contributed by atoms with Crippen LogP contribution < -0.4 is 19.1 Å². The van der Waals surface area contributed by atoms with Gasteiger partial charge in [0.15, 0.2) is 11.5 Å². The van der Waals surface area contributed by atoms with Crippen LogP contribution in [0.5, 0.6) is 11.5 Å². The maximum absolute atomic E-state index is 13.6. The van der Waals surface area contributed by atoms with E-state index in [9.17, 15) is 13.2 Å². The molecule has 0 aliphatic heterocycles. The number of ether oxygens (including phenoxy) is 3. The summed E-state index contributed by atoms with van der Waals surface area (Å²) >= 11 is 0. The molecule has 0 radical (unpaired) electrons. The number of nitrogens with one attached hydrogen (secondary N) is 1. The van der Waals surface area contributed by atoms with Crippen molar-refractivity contribution in [1.29, 1.82) is 0 Å². The molecule has 0 bridgehead atoms. The van der Waals surface area contributed by atoms with Gasteiger partial charge in [-0.15, -0.1) is 0 Å². The van der Waals surface area contributed by atoms with E-state index >= 15 is 0 Å². The van der Waals surface area contributed by atoms with E-state index in [-0.39, 0.29) is 10.6 Å². The zero-order valence-electron chi connectivity index (χ0n) is 19.6. The summed E-state index contributed by atoms with van der Waals surface area (Å²) in [7, 11) is 0.372. The third-order valence-corrected chi connectivity index (χ3v) is 6.84. The quantitative estimate of drug-likeness (QED) is 0.468. The molecule has 0 saturated carbocycles. The summed E-state index contributed by atoms with van der Waals surface area (Å²) in [4.78, 5) is 12.9. The van der Waals surface area contributed by atoms with Crippen molar-refractivity contribution in [1.82, 2.24) is 0 Å². The minimum absolute atomic E-state index is 0.0272. The molecule has 0 spiro atoms. The molecule has 0 aromatic heterocycles. The molecule has 3 rings (SSSR count). The number of hydrogen-bond donors (Lipinski definition) is 1. The van der Waals surface area contributed by atoms with Crippen molar-refractivity contribution in [2.45, 2.75) is 18.4 Å². The molecule has 1 N–H and O–H groups in total. The lowest BCUT2D eigenvalue weighted by Gasteiger charge is -2.24. The number of rotatable bonds is 10. The van der Waals surface area contributed by atoms with Crippen LogP contribution in [-0.2, 0) is 26.2 Å². The Hall–Kier alpha value is -3.56. The van der Waals surface area contributed by atoms with Gasteiger partial charge in [0.1, 0.15) is 6.54 Å². The number of carbonyl (C=O) groups is 1. The molecule has 1 amide bonds. The topological polar surface area (TPSA) is 94.2 Å². The summed E-state index contributed by atoms with van der Waals surface area (Å²) in [5.41, 5.74) is 2.76. The summed E-state index contributed by atoms with van der Waals surface area (Å²) in [6.45, 7) is 1.87. The molecule has 180 valence electrons. The number of nitrogens with zero attached hydrogens (tertiary/aromatic N) is 1. The number of hydrogen-bond acceptors (Lipinski definition) is 6. The molecule has 0 fully saturated rings. The second-order valence-electron chi connectivity index (χ2n) is 7.55. The minimum Gasteiger partial charge on any atom is -0.493 e. The Kier molecular flexibility index (Phi) is 8.14. The summed E-state index contributed by atoms with van der Waals surface area (Å²) < 4.78 is 44.0. The molecule has 0 saturated heterocycles. The summed E-state index contributed by atoms with van der Waals surface area (Å²) in [6, 6.07) is 18.4. The molecule has 34 heavy (non-hydrogen) atoms. The lowest BCUT2D eigenvalue weighted by atomic mass is 10.2. The molecule has 0 heterocycles. The zero-order chi connectivity index (χ0) is 24.7. The first-order valence-corrected chi connectivity index (χ1v) is 11.9. The van der Waals surface area contributed by atoms with Crippen LogP contribution in [0.4, 0.5) is 11.4 Å². The van der Waals surface area contributed by atoms with E-state index in [1.165, 1.54) is 32.4 Å². The van der Waals surface area contributed by atoms with Gasteiger partial charge in [0.05, 0.1) is 31.4 Å². The highest BCUT2D eigenvalue weighted by Crippen LogP contribution is 2.32. The number of anilines is 2. The standard InChI is InChI=1S/C25H28N2O6S/c1-18-8-10-21(11-9-18)27(16-25(28)26-20-7-5-6-19(14-20)17-31-2)34(29,30)22-12-13-23(32-3)24(15-22)33-4/h5-15H,16-17H2,1-4H3,(H,26,28). The van der Waals surface area contributed by atoms with Gasteiger partial charge in [0.25, 0.3) is 10.0 Å². The first kappa shape index (κ1) is 25.1. The number of methoxy groups -OCH3 is 3. The lowest BCUT2D eigenvalue weighted by Crippen LogP contribution is -2.38. The number of sulfonamides is 1. The van der Waals surface area contributed by atoms with Crippen LogP contribution in [0.2, 0.25) is 0 Å². The Bertz CT molecular complexity index is 1240. The van der Waals surface area contributed by atoms with Gasteiger partial charge in [-0.3, -0.25) is 9.10 Å². The van der Waals surface area contributed by atoms with Crippen LogP contribution in [0.25, 0.3) is 0 Å². The molecule has 3 aromatic carbocycles. The number of carbonyl (C=O) groups excluding carboxylic acids is 1. The predicted molar refractivity (Wildman–Crippen MR) is 131 cm³/mol. The van der Waals surface area contributed by atoms with Gasteiger partial charge in [-0.25, -0.2) is 8.42 Å². The second kappa shape index (κ2) is 11.0. The predicted octanol–water partition coefficient (Wildman–Crippen LogP) is 3.99. The van der Waals surface area contributed by atoms with Crippen molar-refractivity contribution in [2.75, 3.05) is 37.5 Å². The van der Waals surface area contributed by atoms with Crippen LogP contribution in [0.15, 0.2) is 71.6 Å². The highest BCUT2D eigenvalue weighted by Gasteiger charge is 2.28. The average Bonchev–Trinajstić information content (AvgIpc) is 2.83. The number of aryl methyl sites for hydroxylation is 1.